The lowest BCUT2D eigenvalue weighted by Gasteiger charge is -2.09. The van der Waals surface area contributed by atoms with Crippen molar-refractivity contribution in [2.45, 2.75) is 32.7 Å². The largest absolute Gasteiger partial charge is 0.399 e. The highest BCUT2D eigenvalue weighted by molar-refractivity contribution is 5.95. The summed E-state index contributed by atoms with van der Waals surface area (Å²) in [5, 5.41) is 5.66. The first kappa shape index (κ1) is 17.5. The molecule has 2 amide bonds. The van der Waals surface area contributed by atoms with Crippen molar-refractivity contribution in [3.63, 3.8) is 0 Å². The molecule has 2 aromatic carbocycles. The molecule has 0 unspecified atom stereocenters. The summed E-state index contributed by atoms with van der Waals surface area (Å²) in [6, 6.07) is 14.5. The first-order valence-corrected chi connectivity index (χ1v) is 7.99. The van der Waals surface area contributed by atoms with E-state index in [4.69, 9.17) is 5.73 Å². The number of carbonyl (C=O) groups excluding carboxylic acids is 2. The van der Waals surface area contributed by atoms with Crippen molar-refractivity contribution in [2.75, 3.05) is 11.1 Å². The van der Waals surface area contributed by atoms with Crippen LogP contribution < -0.4 is 16.4 Å². The second-order valence-electron chi connectivity index (χ2n) is 6.00. The van der Waals surface area contributed by atoms with Gasteiger partial charge in [-0.2, -0.15) is 0 Å². The van der Waals surface area contributed by atoms with Crippen LogP contribution in [0.4, 0.5) is 11.4 Å². The summed E-state index contributed by atoms with van der Waals surface area (Å²) >= 11 is 0. The number of hydrogen-bond donors (Lipinski definition) is 3. The summed E-state index contributed by atoms with van der Waals surface area (Å²) in [5.41, 5.74) is 8.70. The lowest BCUT2D eigenvalue weighted by atomic mass is 10.1. The SMILES string of the molecule is CC(C)NC(=O)c1ccc(NC(=O)CCc2cccc(N)c2)cc1. The summed E-state index contributed by atoms with van der Waals surface area (Å²) in [6.07, 6.45) is 1.00. The Morgan fingerprint density at radius 2 is 1.79 bits per heavy atom. The zero-order chi connectivity index (χ0) is 17.5. The molecule has 0 aliphatic rings. The highest BCUT2D eigenvalue weighted by Gasteiger charge is 2.08. The number of aryl methyl sites for hydroxylation is 1. The van der Waals surface area contributed by atoms with Crippen LogP contribution in [0.5, 0.6) is 0 Å². The molecule has 24 heavy (non-hydrogen) atoms. The molecule has 2 aromatic rings. The zero-order valence-electron chi connectivity index (χ0n) is 14.0. The van der Waals surface area contributed by atoms with Crippen molar-refractivity contribution in [2.24, 2.45) is 0 Å². The molecule has 0 aromatic heterocycles. The molecule has 5 heteroatoms. The highest BCUT2D eigenvalue weighted by atomic mass is 16.2. The number of amides is 2. The van der Waals surface area contributed by atoms with Gasteiger partial charge in [-0.1, -0.05) is 12.1 Å². The second-order valence-corrected chi connectivity index (χ2v) is 6.00. The van der Waals surface area contributed by atoms with Gasteiger partial charge in [0.25, 0.3) is 5.91 Å². The van der Waals surface area contributed by atoms with Crippen LogP contribution in [0.2, 0.25) is 0 Å². The Bertz CT molecular complexity index is 709. The fourth-order valence-electron chi connectivity index (χ4n) is 2.28. The molecule has 0 bridgehead atoms. The first-order valence-electron chi connectivity index (χ1n) is 7.99. The highest BCUT2D eigenvalue weighted by Crippen LogP contribution is 2.12. The van der Waals surface area contributed by atoms with Crippen LogP contribution in [-0.2, 0) is 11.2 Å². The van der Waals surface area contributed by atoms with E-state index in [0.717, 1.165) is 5.56 Å². The lowest BCUT2D eigenvalue weighted by Crippen LogP contribution is -2.30. The third kappa shape index (κ3) is 5.43. The van der Waals surface area contributed by atoms with E-state index >= 15 is 0 Å². The average molecular weight is 325 g/mol. The fraction of sp³-hybridized carbons (Fsp3) is 0.263. The predicted molar refractivity (Wildman–Crippen MR) is 96.8 cm³/mol. The normalized spacial score (nSPS) is 10.5. The van der Waals surface area contributed by atoms with Crippen molar-refractivity contribution in [1.82, 2.24) is 5.32 Å². The maximum Gasteiger partial charge on any atom is 0.251 e. The Morgan fingerprint density at radius 1 is 1.08 bits per heavy atom. The van der Waals surface area contributed by atoms with Crippen molar-refractivity contribution >= 4 is 23.2 Å². The number of carbonyl (C=O) groups is 2. The van der Waals surface area contributed by atoms with Crippen molar-refractivity contribution in [3.05, 3.63) is 59.7 Å². The van der Waals surface area contributed by atoms with Gasteiger partial charge in [-0.25, -0.2) is 0 Å². The third-order valence-electron chi connectivity index (χ3n) is 3.44. The van der Waals surface area contributed by atoms with Gasteiger partial charge < -0.3 is 16.4 Å². The summed E-state index contributed by atoms with van der Waals surface area (Å²) < 4.78 is 0. The third-order valence-corrected chi connectivity index (χ3v) is 3.44. The summed E-state index contributed by atoms with van der Waals surface area (Å²) in [7, 11) is 0. The Kier molecular flexibility index (Phi) is 5.95. The molecule has 126 valence electrons. The van der Waals surface area contributed by atoms with Crippen LogP contribution in [0.15, 0.2) is 48.5 Å². The maximum atomic E-state index is 12.0. The van der Waals surface area contributed by atoms with Gasteiger partial charge in [-0.3, -0.25) is 9.59 Å². The summed E-state index contributed by atoms with van der Waals surface area (Å²) in [4.78, 5) is 23.9. The monoisotopic (exact) mass is 325 g/mol. The minimum atomic E-state index is -0.121. The van der Waals surface area contributed by atoms with E-state index in [0.29, 0.717) is 29.8 Å². The van der Waals surface area contributed by atoms with E-state index in [1.807, 2.05) is 38.1 Å². The lowest BCUT2D eigenvalue weighted by molar-refractivity contribution is -0.116. The molecular weight excluding hydrogens is 302 g/mol. The van der Waals surface area contributed by atoms with Crippen LogP contribution in [-0.4, -0.2) is 17.9 Å². The maximum absolute atomic E-state index is 12.0. The number of hydrogen-bond acceptors (Lipinski definition) is 3. The quantitative estimate of drug-likeness (QED) is 0.714. The molecule has 0 radical (unpaired) electrons. The molecule has 0 aliphatic heterocycles. The number of nitrogen functional groups attached to an aromatic ring is 1. The molecule has 2 rings (SSSR count). The molecule has 5 nitrogen and oxygen atoms in total. The van der Waals surface area contributed by atoms with Gasteiger partial charge in [-0.05, 0) is 62.2 Å². The molecule has 0 spiro atoms. The molecular formula is C19H23N3O2. The molecule has 0 atom stereocenters. The smallest absolute Gasteiger partial charge is 0.251 e. The molecule has 0 saturated heterocycles. The second kappa shape index (κ2) is 8.15. The van der Waals surface area contributed by atoms with Crippen molar-refractivity contribution in [3.8, 4) is 0 Å². The van der Waals surface area contributed by atoms with Crippen molar-refractivity contribution in [1.29, 1.82) is 0 Å². The van der Waals surface area contributed by atoms with Gasteiger partial charge >= 0.3 is 0 Å². The van der Waals surface area contributed by atoms with E-state index in [-0.39, 0.29) is 17.9 Å². The van der Waals surface area contributed by atoms with Gasteiger partial charge in [-0.15, -0.1) is 0 Å². The number of anilines is 2. The van der Waals surface area contributed by atoms with E-state index in [1.54, 1.807) is 24.3 Å². The van der Waals surface area contributed by atoms with Crippen LogP contribution in [0.3, 0.4) is 0 Å². The molecule has 0 saturated carbocycles. The van der Waals surface area contributed by atoms with Gasteiger partial charge in [0, 0.05) is 29.4 Å². The van der Waals surface area contributed by atoms with Crippen LogP contribution in [0.1, 0.15) is 36.2 Å². The standard InChI is InChI=1S/C19H23N3O2/c1-13(2)21-19(24)15-7-9-17(10-8-15)22-18(23)11-6-14-4-3-5-16(20)12-14/h3-5,7-10,12-13H,6,11,20H2,1-2H3,(H,21,24)(H,22,23). The zero-order valence-corrected chi connectivity index (χ0v) is 14.0. The molecule has 0 heterocycles. The minimum Gasteiger partial charge on any atom is -0.399 e. The van der Waals surface area contributed by atoms with Crippen LogP contribution >= 0.6 is 0 Å². The van der Waals surface area contributed by atoms with E-state index in [1.165, 1.54) is 0 Å². The van der Waals surface area contributed by atoms with Gasteiger partial charge in [0.1, 0.15) is 0 Å². The van der Waals surface area contributed by atoms with Crippen LogP contribution in [0.25, 0.3) is 0 Å². The Morgan fingerprint density at radius 3 is 2.42 bits per heavy atom. The number of nitrogens with one attached hydrogen (secondary N) is 2. The number of rotatable bonds is 6. The number of nitrogens with two attached hydrogens (primary N) is 1. The number of benzene rings is 2. The molecule has 0 aliphatic carbocycles. The first-order chi connectivity index (χ1) is 11.4. The summed E-state index contributed by atoms with van der Waals surface area (Å²) in [5.74, 6) is -0.193. The van der Waals surface area contributed by atoms with E-state index < -0.39 is 0 Å². The molecule has 4 N–H and O–H groups in total. The van der Waals surface area contributed by atoms with E-state index in [9.17, 15) is 9.59 Å². The topological polar surface area (TPSA) is 84.2 Å². The average Bonchev–Trinajstić information content (AvgIpc) is 2.53. The van der Waals surface area contributed by atoms with Gasteiger partial charge in [0.05, 0.1) is 0 Å². The van der Waals surface area contributed by atoms with Gasteiger partial charge in [0.15, 0.2) is 0 Å². The Hall–Kier alpha value is -2.82. The van der Waals surface area contributed by atoms with Crippen molar-refractivity contribution < 1.29 is 9.59 Å². The van der Waals surface area contributed by atoms with Crippen LogP contribution in [0, 0.1) is 0 Å². The minimum absolute atomic E-state index is 0.0724. The molecule has 0 fully saturated rings. The predicted octanol–water partition coefficient (Wildman–Crippen LogP) is 2.98. The summed E-state index contributed by atoms with van der Waals surface area (Å²) in [6.45, 7) is 3.82. The Balaban J connectivity index is 1.86. The van der Waals surface area contributed by atoms with E-state index in [2.05, 4.69) is 10.6 Å². The Labute approximate surface area is 142 Å². The van der Waals surface area contributed by atoms with Gasteiger partial charge in [0.2, 0.25) is 5.91 Å². The fourth-order valence-corrected chi connectivity index (χ4v) is 2.28.